The number of fused-ring (bicyclic) bond motifs is 1. The number of nitrogens with one attached hydrogen (secondary N) is 1. The Balaban J connectivity index is 1.72. The van der Waals surface area contributed by atoms with Gasteiger partial charge < -0.3 is 15.0 Å². The first-order valence-electron chi connectivity index (χ1n) is 9.74. The Morgan fingerprint density at radius 2 is 1.87 bits per heavy atom. The van der Waals surface area contributed by atoms with Gasteiger partial charge in [0.05, 0.1) is 17.3 Å². The van der Waals surface area contributed by atoms with Gasteiger partial charge in [-0.05, 0) is 68.3 Å². The highest BCUT2D eigenvalue weighted by Crippen LogP contribution is 2.34. The van der Waals surface area contributed by atoms with Crippen LogP contribution >= 0.6 is 0 Å². The summed E-state index contributed by atoms with van der Waals surface area (Å²) in [5, 5.41) is 1.82. The third-order valence-corrected chi connectivity index (χ3v) is 7.45. The van der Waals surface area contributed by atoms with Crippen LogP contribution in [0.5, 0.6) is 5.75 Å². The number of carbonyl (C=O) groups excluding carboxylic acids is 2. The maximum absolute atomic E-state index is 13.0. The molecule has 160 valence electrons. The lowest BCUT2D eigenvalue weighted by Gasteiger charge is -2.20. The standard InChI is InChI=1S/C22H26N2O5S/c1-14-11-17-13-20(9-10-21(17)24(14)16(3)25)30(27,28)15(2)12-22(26)23-18-5-7-19(29-4)8-6-18/h5-10,13-15H,11-12H2,1-4H3,(H,23,26)/t14-,15+/m1/s1. The second kappa shape index (κ2) is 8.47. The van der Waals surface area contributed by atoms with Crippen molar-refractivity contribution < 1.29 is 22.7 Å². The fourth-order valence-electron chi connectivity index (χ4n) is 3.75. The van der Waals surface area contributed by atoms with E-state index in [-0.39, 0.29) is 29.2 Å². The van der Waals surface area contributed by atoms with E-state index in [1.807, 2.05) is 6.92 Å². The topological polar surface area (TPSA) is 92.8 Å². The van der Waals surface area contributed by atoms with Crippen LogP contribution in [0.3, 0.4) is 0 Å². The van der Waals surface area contributed by atoms with Crippen LogP contribution in [-0.2, 0) is 25.8 Å². The molecular formula is C22H26N2O5S. The van der Waals surface area contributed by atoms with Crippen LogP contribution in [0.1, 0.15) is 32.8 Å². The highest BCUT2D eigenvalue weighted by molar-refractivity contribution is 7.92. The molecule has 0 spiro atoms. The van der Waals surface area contributed by atoms with Crippen LogP contribution in [0.25, 0.3) is 0 Å². The summed E-state index contributed by atoms with van der Waals surface area (Å²) in [5.74, 6) is 0.215. The van der Waals surface area contributed by atoms with Crippen LogP contribution < -0.4 is 15.0 Å². The van der Waals surface area contributed by atoms with E-state index in [1.165, 1.54) is 19.9 Å². The molecule has 0 aromatic heterocycles. The van der Waals surface area contributed by atoms with E-state index >= 15 is 0 Å². The number of rotatable bonds is 6. The number of benzene rings is 2. The predicted molar refractivity (Wildman–Crippen MR) is 116 cm³/mol. The predicted octanol–water partition coefficient (Wildman–Crippen LogP) is 3.18. The lowest BCUT2D eigenvalue weighted by atomic mass is 10.1. The summed E-state index contributed by atoms with van der Waals surface area (Å²) in [6.07, 6.45) is 0.437. The molecule has 0 saturated carbocycles. The number of hydrogen-bond donors (Lipinski definition) is 1. The summed E-state index contributed by atoms with van der Waals surface area (Å²) in [6, 6.07) is 11.6. The first-order valence-corrected chi connectivity index (χ1v) is 11.3. The zero-order valence-electron chi connectivity index (χ0n) is 17.5. The molecule has 3 rings (SSSR count). The summed E-state index contributed by atoms with van der Waals surface area (Å²) < 4.78 is 31.1. The molecule has 8 heteroatoms. The Morgan fingerprint density at radius 1 is 1.20 bits per heavy atom. The van der Waals surface area contributed by atoms with Crippen molar-refractivity contribution in [1.29, 1.82) is 0 Å². The second-order valence-electron chi connectivity index (χ2n) is 7.57. The Bertz CT molecular complexity index is 1060. The molecule has 2 atom stereocenters. The normalized spacial score (nSPS) is 16.7. The number of hydrogen-bond acceptors (Lipinski definition) is 5. The van der Waals surface area contributed by atoms with Gasteiger partial charge in [0.15, 0.2) is 9.84 Å². The largest absolute Gasteiger partial charge is 0.497 e. The first-order chi connectivity index (χ1) is 14.1. The molecule has 0 radical (unpaired) electrons. The lowest BCUT2D eigenvalue weighted by molar-refractivity contribution is -0.117. The van der Waals surface area contributed by atoms with E-state index in [0.717, 1.165) is 11.3 Å². The van der Waals surface area contributed by atoms with Crippen molar-refractivity contribution in [2.45, 2.75) is 49.8 Å². The minimum atomic E-state index is -3.70. The van der Waals surface area contributed by atoms with Gasteiger partial charge in [0.25, 0.3) is 0 Å². The summed E-state index contributed by atoms with van der Waals surface area (Å²) in [5.41, 5.74) is 2.15. The fourth-order valence-corrected chi connectivity index (χ4v) is 5.15. The molecule has 30 heavy (non-hydrogen) atoms. The van der Waals surface area contributed by atoms with Gasteiger partial charge in [-0.2, -0.15) is 0 Å². The summed E-state index contributed by atoms with van der Waals surface area (Å²) in [4.78, 5) is 26.1. The zero-order valence-corrected chi connectivity index (χ0v) is 18.3. The van der Waals surface area contributed by atoms with Crippen molar-refractivity contribution in [2.24, 2.45) is 0 Å². The fraction of sp³-hybridized carbons (Fsp3) is 0.364. The Hall–Kier alpha value is -2.87. The number of nitrogens with zero attached hydrogens (tertiary/aromatic N) is 1. The maximum atomic E-state index is 13.0. The van der Waals surface area contributed by atoms with E-state index < -0.39 is 15.1 Å². The molecule has 2 amide bonds. The highest BCUT2D eigenvalue weighted by Gasteiger charge is 2.32. The maximum Gasteiger partial charge on any atom is 0.225 e. The molecular weight excluding hydrogens is 404 g/mol. The Morgan fingerprint density at radius 3 is 2.47 bits per heavy atom. The molecule has 2 aromatic carbocycles. The van der Waals surface area contributed by atoms with Gasteiger partial charge in [-0.3, -0.25) is 9.59 Å². The van der Waals surface area contributed by atoms with Gasteiger partial charge in [-0.1, -0.05) is 0 Å². The molecule has 1 aliphatic rings. The van der Waals surface area contributed by atoms with Gasteiger partial charge >= 0.3 is 0 Å². The molecule has 2 aromatic rings. The highest BCUT2D eigenvalue weighted by atomic mass is 32.2. The summed E-state index contributed by atoms with van der Waals surface area (Å²) >= 11 is 0. The zero-order chi connectivity index (χ0) is 22.1. The lowest BCUT2D eigenvalue weighted by Crippen LogP contribution is -2.33. The van der Waals surface area contributed by atoms with E-state index in [4.69, 9.17) is 4.74 Å². The van der Waals surface area contributed by atoms with Gasteiger partial charge in [-0.25, -0.2) is 8.42 Å². The van der Waals surface area contributed by atoms with Gasteiger partial charge in [0, 0.05) is 30.8 Å². The number of ether oxygens (including phenoxy) is 1. The van der Waals surface area contributed by atoms with Crippen molar-refractivity contribution in [3.05, 3.63) is 48.0 Å². The Kier molecular flexibility index (Phi) is 6.17. The van der Waals surface area contributed by atoms with E-state index in [2.05, 4.69) is 5.32 Å². The van der Waals surface area contributed by atoms with Crippen LogP contribution in [0.4, 0.5) is 11.4 Å². The minimum absolute atomic E-state index is 0.0110. The molecule has 1 heterocycles. The van der Waals surface area contributed by atoms with Gasteiger partial charge in [0.1, 0.15) is 5.75 Å². The third kappa shape index (κ3) is 4.33. The number of amides is 2. The van der Waals surface area contributed by atoms with Crippen molar-refractivity contribution in [3.8, 4) is 5.75 Å². The van der Waals surface area contributed by atoms with Crippen LogP contribution in [-0.4, -0.2) is 38.6 Å². The van der Waals surface area contributed by atoms with Crippen LogP contribution in [0.15, 0.2) is 47.4 Å². The van der Waals surface area contributed by atoms with Crippen LogP contribution in [0, 0.1) is 0 Å². The number of anilines is 2. The number of methoxy groups -OCH3 is 1. The average molecular weight is 431 g/mol. The van der Waals surface area contributed by atoms with Crippen molar-refractivity contribution in [3.63, 3.8) is 0 Å². The average Bonchev–Trinajstić information content (AvgIpc) is 3.03. The molecule has 1 aliphatic heterocycles. The first kappa shape index (κ1) is 21.8. The van der Waals surface area contributed by atoms with Crippen molar-refractivity contribution >= 4 is 33.0 Å². The molecule has 0 unspecified atom stereocenters. The molecule has 1 N–H and O–H groups in total. The summed E-state index contributed by atoms with van der Waals surface area (Å²) in [6.45, 7) is 4.96. The quantitative estimate of drug-likeness (QED) is 0.760. The number of sulfone groups is 1. The van der Waals surface area contributed by atoms with E-state index in [1.54, 1.807) is 48.4 Å². The molecule has 0 bridgehead atoms. The van der Waals surface area contributed by atoms with E-state index in [0.29, 0.717) is 17.9 Å². The third-order valence-electron chi connectivity index (χ3n) is 5.31. The van der Waals surface area contributed by atoms with E-state index in [9.17, 15) is 18.0 Å². The second-order valence-corrected chi connectivity index (χ2v) is 9.94. The molecule has 7 nitrogen and oxygen atoms in total. The molecule has 0 saturated heterocycles. The Labute approximate surface area is 177 Å². The van der Waals surface area contributed by atoms with Crippen molar-refractivity contribution in [1.82, 2.24) is 0 Å². The minimum Gasteiger partial charge on any atom is -0.497 e. The van der Waals surface area contributed by atoms with Gasteiger partial charge in [0.2, 0.25) is 11.8 Å². The monoisotopic (exact) mass is 430 g/mol. The molecule has 0 aliphatic carbocycles. The summed E-state index contributed by atoms with van der Waals surface area (Å²) in [7, 11) is -2.15. The van der Waals surface area contributed by atoms with Crippen LogP contribution in [0.2, 0.25) is 0 Å². The molecule has 0 fully saturated rings. The SMILES string of the molecule is COc1ccc(NC(=O)C[C@H](C)S(=O)(=O)c2ccc3c(c2)C[C@@H](C)N3C(C)=O)cc1. The van der Waals surface area contributed by atoms with Gasteiger partial charge in [-0.15, -0.1) is 0 Å². The van der Waals surface area contributed by atoms with Crippen molar-refractivity contribution in [2.75, 3.05) is 17.3 Å². The smallest absolute Gasteiger partial charge is 0.225 e. The number of carbonyl (C=O) groups is 2.